The molecule has 0 unspecified atom stereocenters. The number of carbonyl (C=O) groups excluding carboxylic acids is 1. The first-order chi connectivity index (χ1) is 5.91. The molecule has 0 aliphatic carbocycles. The average molecular weight is 199 g/mol. The fourth-order valence-electron chi connectivity index (χ4n) is 0.577. The summed E-state index contributed by atoms with van der Waals surface area (Å²) < 4.78 is 40.7. The van der Waals surface area contributed by atoms with Gasteiger partial charge in [0, 0.05) is 14.1 Å². The zero-order valence-corrected chi connectivity index (χ0v) is 7.52. The smallest absolute Gasteiger partial charge is 0.341 e. The van der Waals surface area contributed by atoms with Gasteiger partial charge in [-0.25, -0.2) is 0 Å². The summed E-state index contributed by atoms with van der Waals surface area (Å²) in [6, 6.07) is 0. The highest BCUT2D eigenvalue weighted by Gasteiger charge is 2.41. The maximum atomic E-state index is 12.7. The van der Waals surface area contributed by atoms with Crippen LogP contribution in [0.15, 0.2) is 0 Å². The monoisotopic (exact) mass is 199 g/mol. The van der Waals surface area contributed by atoms with Crippen molar-refractivity contribution in [2.45, 2.75) is 12.5 Å². The van der Waals surface area contributed by atoms with Crippen LogP contribution in [-0.2, 0) is 9.53 Å². The molecule has 0 aromatic rings. The summed E-state index contributed by atoms with van der Waals surface area (Å²) >= 11 is 0. The van der Waals surface area contributed by atoms with Crippen LogP contribution < -0.4 is 0 Å². The van der Waals surface area contributed by atoms with Gasteiger partial charge in [0.1, 0.15) is 0 Å². The number of halogens is 3. The van der Waals surface area contributed by atoms with Crippen molar-refractivity contribution < 1.29 is 22.7 Å². The topological polar surface area (TPSA) is 29.5 Å². The molecule has 0 aliphatic heterocycles. The number of hydrogen-bond donors (Lipinski definition) is 0. The lowest BCUT2D eigenvalue weighted by molar-refractivity contribution is -0.238. The van der Waals surface area contributed by atoms with Gasteiger partial charge in [-0.1, -0.05) is 0 Å². The van der Waals surface area contributed by atoms with Crippen molar-refractivity contribution in [2.75, 3.05) is 27.4 Å². The number of carbonyl (C=O) groups is 1. The zero-order valence-electron chi connectivity index (χ0n) is 7.52. The minimum absolute atomic E-state index is 0.143. The van der Waals surface area contributed by atoms with Gasteiger partial charge in [0.25, 0.3) is 0 Å². The number of ether oxygens (including phenoxy) is 1. The zero-order chi connectivity index (χ0) is 10.5. The summed E-state index contributed by atoms with van der Waals surface area (Å²) in [5, 5.41) is 0. The first-order valence-corrected chi connectivity index (χ1v) is 3.71. The van der Waals surface area contributed by atoms with Crippen LogP contribution in [0.5, 0.6) is 0 Å². The van der Waals surface area contributed by atoms with Crippen molar-refractivity contribution in [1.29, 1.82) is 0 Å². The number of amides is 1. The van der Waals surface area contributed by atoms with E-state index in [2.05, 4.69) is 4.74 Å². The second-order valence-electron chi connectivity index (χ2n) is 2.61. The Hall–Kier alpha value is -0.780. The largest absolute Gasteiger partial charge is 0.436 e. The SMILES string of the molecule is CN(C)C(=O)C(F)(F)OCCCF. The third-order valence-corrected chi connectivity index (χ3v) is 1.22. The standard InChI is InChI=1S/C7H12F3NO2/c1-11(2)6(12)7(9,10)13-5-3-4-8/h3-5H2,1-2H3. The summed E-state index contributed by atoms with van der Waals surface area (Å²) in [5.74, 6) is -1.44. The summed E-state index contributed by atoms with van der Waals surface area (Å²) in [7, 11) is 2.38. The fraction of sp³-hybridized carbons (Fsp3) is 0.857. The van der Waals surface area contributed by atoms with Crippen LogP contribution in [0, 0.1) is 0 Å². The molecule has 0 saturated heterocycles. The molecule has 13 heavy (non-hydrogen) atoms. The lowest BCUT2D eigenvalue weighted by Gasteiger charge is -2.19. The second kappa shape index (κ2) is 5.06. The molecule has 0 atom stereocenters. The minimum atomic E-state index is -3.85. The number of rotatable bonds is 5. The van der Waals surface area contributed by atoms with Crippen molar-refractivity contribution in [3.8, 4) is 0 Å². The molecule has 0 saturated carbocycles. The van der Waals surface area contributed by atoms with Gasteiger partial charge in [-0.2, -0.15) is 8.78 Å². The average Bonchev–Trinajstić information content (AvgIpc) is 2.03. The van der Waals surface area contributed by atoms with Gasteiger partial charge in [-0.05, 0) is 6.42 Å². The molecular formula is C7H12F3NO2. The quantitative estimate of drug-likeness (QED) is 0.619. The number of alkyl halides is 3. The van der Waals surface area contributed by atoms with Crippen LogP contribution in [0.4, 0.5) is 13.2 Å². The molecule has 0 aliphatic rings. The molecule has 0 fully saturated rings. The molecular weight excluding hydrogens is 187 g/mol. The van der Waals surface area contributed by atoms with Crippen LogP contribution in [0.25, 0.3) is 0 Å². The van der Waals surface area contributed by atoms with E-state index in [4.69, 9.17) is 0 Å². The van der Waals surface area contributed by atoms with Crippen LogP contribution in [0.2, 0.25) is 0 Å². The van der Waals surface area contributed by atoms with Gasteiger partial charge in [0.05, 0.1) is 13.3 Å². The van der Waals surface area contributed by atoms with Crippen molar-refractivity contribution >= 4 is 5.91 Å². The second-order valence-corrected chi connectivity index (χ2v) is 2.61. The van der Waals surface area contributed by atoms with Crippen LogP contribution in [0.3, 0.4) is 0 Å². The number of likely N-dealkylation sites (N-methyl/N-ethyl adjacent to an activating group) is 1. The van der Waals surface area contributed by atoms with Crippen LogP contribution in [-0.4, -0.2) is 44.3 Å². The van der Waals surface area contributed by atoms with Crippen molar-refractivity contribution in [1.82, 2.24) is 4.90 Å². The summed E-state index contributed by atoms with van der Waals surface area (Å²) in [6.45, 7) is -1.21. The van der Waals surface area contributed by atoms with E-state index in [1.807, 2.05) is 0 Å². The Balaban J connectivity index is 3.99. The van der Waals surface area contributed by atoms with E-state index in [-0.39, 0.29) is 6.42 Å². The molecule has 1 amide bonds. The predicted octanol–water partition coefficient (Wildman–Crippen LogP) is 1.04. The molecule has 6 heteroatoms. The van der Waals surface area contributed by atoms with Crippen molar-refractivity contribution in [3.63, 3.8) is 0 Å². The predicted molar refractivity (Wildman–Crippen MR) is 40.2 cm³/mol. The molecule has 0 aromatic heterocycles. The minimum Gasteiger partial charge on any atom is -0.341 e. The fourth-order valence-corrected chi connectivity index (χ4v) is 0.577. The van der Waals surface area contributed by atoms with Crippen LogP contribution in [0.1, 0.15) is 6.42 Å². The third kappa shape index (κ3) is 4.12. The highest BCUT2D eigenvalue weighted by Crippen LogP contribution is 2.17. The maximum Gasteiger partial charge on any atom is 0.436 e. The van der Waals surface area contributed by atoms with E-state index in [0.717, 1.165) is 4.90 Å². The molecule has 0 heterocycles. The summed E-state index contributed by atoms with van der Waals surface area (Å²) in [6.07, 6.45) is -3.99. The molecule has 0 rings (SSSR count). The molecule has 0 radical (unpaired) electrons. The van der Waals surface area contributed by atoms with Gasteiger partial charge >= 0.3 is 12.0 Å². The lowest BCUT2D eigenvalue weighted by atomic mass is 10.5. The highest BCUT2D eigenvalue weighted by molar-refractivity contribution is 5.81. The van der Waals surface area contributed by atoms with Crippen molar-refractivity contribution in [3.05, 3.63) is 0 Å². The van der Waals surface area contributed by atoms with E-state index in [1.54, 1.807) is 0 Å². The van der Waals surface area contributed by atoms with E-state index in [1.165, 1.54) is 14.1 Å². The third-order valence-electron chi connectivity index (χ3n) is 1.22. The van der Waals surface area contributed by atoms with Crippen LogP contribution >= 0.6 is 0 Å². The highest BCUT2D eigenvalue weighted by atomic mass is 19.3. The van der Waals surface area contributed by atoms with Gasteiger partial charge in [-0.15, -0.1) is 0 Å². The molecule has 78 valence electrons. The van der Waals surface area contributed by atoms with E-state index < -0.39 is 25.3 Å². The van der Waals surface area contributed by atoms with E-state index in [9.17, 15) is 18.0 Å². The molecule has 3 nitrogen and oxygen atoms in total. The Morgan fingerprint density at radius 2 is 2.00 bits per heavy atom. The van der Waals surface area contributed by atoms with Gasteiger partial charge in [0.15, 0.2) is 0 Å². The molecule has 0 spiro atoms. The first kappa shape index (κ1) is 12.2. The Kier molecular flexibility index (Phi) is 4.76. The van der Waals surface area contributed by atoms with E-state index in [0.29, 0.717) is 0 Å². The van der Waals surface area contributed by atoms with Gasteiger partial charge < -0.3 is 9.64 Å². The summed E-state index contributed by atoms with van der Waals surface area (Å²) in [5.41, 5.74) is 0. The Morgan fingerprint density at radius 3 is 2.38 bits per heavy atom. The Labute approximate surface area is 74.5 Å². The summed E-state index contributed by atoms with van der Waals surface area (Å²) in [4.78, 5) is 11.4. The Morgan fingerprint density at radius 1 is 1.46 bits per heavy atom. The van der Waals surface area contributed by atoms with E-state index >= 15 is 0 Å². The first-order valence-electron chi connectivity index (χ1n) is 3.71. The number of hydrogen-bond acceptors (Lipinski definition) is 2. The Bertz CT molecular complexity index is 173. The van der Waals surface area contributed by atoms with Gasteiger partial charge in [0.2, 0.25) is 0 Å². The van der Waals surface area contributed by atoms with Gasteiger partial charge in [-0.3, -0.25) is 9.18 Å². The maximum absolute atomic E-state index is 12.7. The molecule has 0 bridgehead atoms. The number of nitrogens with zero attached hydrogens (tertiary/aromatic N) is 1. The molecule has 0 aromatic carbocycles. The molecule has 0 N–H and O–H groups in total. The lowest BCUT2D eigenvalue weighted by Crippen LogP contribution is -2.41. The van der Waals surface area contributed by atoms with Crippen molar-refractivity contribution in [2.24, 2.45) is 0 Å². The normalized spacial score (nSPS) is 11.5.